The second kappa shape index (κ2) is 5.12. The lowest BCUT2D eigenvalue weighted by molar-refractivity contribution is -0.120. The minimum Gasteiger partial charge on any atom is -0.320 e. The van der Waals surface area contributed by atoms with Crippen LogP contribution in [0, 0.1) is 12.8 Å². The molecule has 0 aliphatic carbocycles. The summed E-state index contributed by atoms with van der Waals surface area (Å²) in [4.78, 5) is 13.6. The molecule has 1 aromatic rings. The van der Waals surface area contributed by atoms with Crippen LogP contribution in [0.2, 0.25) is 0 Å². The van der Waals surface area contributed by atoms with Gasteiger partial charge in [0.2, 0.25) is 5.91 Å². The summed E-state index contributed by atoms with van der Waals surface area (Å²) in [5, 5.41) is 0. The maximum atomic E-state index is 12.0. The Hall–Kier alpha value is -1.35. The van der Waals surface area contributed by atoms with Crippen LogP contribution in [0.4, 0.5) is 5.69 Å². The summed E-state index contributed by atoms with van der Waals surface area (Å²) in [5.41, 5.74) is 7.90. The Labute approximate surface area is 97.2 Å². The number of nitrogens with zero attached hydrogens (tertiary/aromatic N) is 1. The number of carbonyl (C=O) groups is 1. The molecule has 0 unspecified atom stereocenters. The minimum atomic E-state index is -0.439. The zero-order valence-corrected chi connectivity index (χ0v) is 10.4. The summed E-state index contributed by atoms with van der Waals surface area (Å²) in [5.74, 6) is 0.110. The molecule has 0 bridgehead atoms. The van der Waals surface area contributed by atoms with Gasteiger partial charge in [-0.2, -0.15) is 0 Å². The van der Waals surface area contributed by atoms with Crippen molar-refractivity contribution in [2.24, 2.45) is 11.7 Å². The summed E-state index contributed by atoms with van der Waals surface area (Å²) >= 11 is 0. The van der Waals surface area contributed by atoms with Crippen LogP contribution in [0.25, 0.3) is 0 Å². The van der Waals surface area contributed by atoms with E-state index in [-0.39, 0.29) is 11.8 Å². The molecule has 0 saturated carbocycles. The van der Waals surface area contributed by atoms with Crippen LogP contribution in [0.1, 0.15) is 19.4 Å². The monoisotopic (exact) mass is 220 g/mol. The maximum absolute atomic E-state index is 12.0. The second-order valence-corrected chi connectivity index (χ2v) is 4.50. The molecule has 0 aliphatic rings. The highest BCUT2D eigenvalue weighted by Gasteiger charge is 2.21. The van der Waals surface area contributed by atoms with E-state index in [2.05, 4.69) is 0 Å². The third-order valence-electron chi connectivity index (χ3n) is 2.76. The zero-order chi connectivity index (χ0) is 12.3. The van der Waals surface area contributed by atoms with Gasteiger partial charge in [-0.3, -0.25) is 4.79 Å². The van der Waals surface area contributed by atoms with E-state index >= 15 is 0 Å². The Morgan fingerprint density at radius 2 is 1.75 bits per heavy atom. The third-order valence-corrected chi connectivity index (χ3v) is 2.76. The number of hydrogen-bond acceptors (Lipinski definition) is 2. The number of likely N-dealkylation sites (N-methyl/N-ethyl adjacent to an activating group) is 1. The first-order valence-electron chi connectivity index (χ1n) is 5.53. The van der Waals surface area contributed by atoms with Gasteiger partial charge >= 0.3 is 0 Å². The van der Waals surface area contributed by atoms with Gasteiger partial charge in [-0.05, 0) is 25.0 Å². The van der Waals surface area contributed by atoms with E-state index in [1.807, 2.05) is 45.0 Å². The number of aryl methyl sites for hydroxylation is 1. The number of hydrogen-bond donors (Lipinski definition) is 1. The number of carbonyl (C=O) groups excluding carboxylic acids is 1. The number of anilines is 1. The largest absolute Gasteiger partial charge is 0.320 e. The van der Waals surface area contributed by atoms with Crippen LogP contribution in [0.5, 0.6) is 0 Å². The van der Waals surface area contributed by atoms with Crippen LogP contribution in [-0.4, -0.2) is 19.0 Å². The number of nitrogens with two attached hydrogens (primary N) is 1. The topological polar surface area (TPSA) is 46.3 Å². The zero-order valence-electron chi connectivity index (χ0n) is 10.4. The highest BCUT2D eigenvalue weighted by Crippen LogP contribution is 2.15. The van der Waals surface area contributed by atoms with Gasteiger partial charge in [0.05, 0.1) is 6.04 Å². The second-order valence-electron chi connectivity index (χ2n) is 4.50. The van der Waals surface area contributed by atoms with E-state index in [9.17, 15) is 4.79 Å². The molecule has 16 heavy (non-hydrogen) atoms. The number of amides is 1. The van der Waals surface area contributed by atoms with Gasteiger partial charge in [0, 0.05) is 12.7 Å². The van der Waals surface area contributed by atoms with Crippen LogP contribution >= 0.6 is 0 Å². The Balaban J connectivity index is 2.82. The highest BCUT2D eigenvalue weighted by atomic mass is 16.2. The molecule has 0 spiro atoms. The van der Waals surface area contributed by atoms with Crippen molar-refractivity contribution in [1.29, 1.82) is 0 Å². The van der Waals surface area contributed by atoms with Gasteiger partial charge in [-0.15, -0.1) is 0 Å². The van der Waals surface area contributed by atoms with Crippen molar-refractivity contribution in [1.82, 2.24) is 0 Å². The predicted molar refractivity (Wildman–Crippen MR) is 67.4 cm³/mol. The standard InChI is InChI=1S/C13H20N2O/c1-9(2)12(14)13(16)15(4)11-7-5-10(3)6-8-11/h5-9,12H,14H2,1-4H3/t12-/m1/s1. The van der Waals surface area contributed by atoms with Gasteiger partial charge < -0.3 is 10.6 Å². The molecular weight excluding hydrogens is 200 g/mol. The first kappa shape index (κ1) is 12.7. The highest BCUT2D eigenvalue weighted by molar-refractivity contribution is 5.96. The molecule has 0 radical (unpaired) electrons. The molecule has 0 aromatic heterocycles. The van der Waals surface area contributed by atoms with E-state index in [4.69, 9.17) is 5.73 Å². The third kappa shape index (κ3) is 2.83. The molecule has 3 heteroatoms. The summed E-state index contributed by atoms with van der Waals surface area (Å²) in [6, 6.07) is 7.40. The maximum Gasteiger partial charge on any atom is 0.243 e. The van der Waals surface area contributed by atoms with Crippen LogP contribution < -0.4 is 10.6 Å². The lowest BCUT2D eigenvalue weighted by Gasteiger charge is -2.23. The SMILES string of the molecule is Cc1ccc(N(C)C(=O)[C@H](N)C(C)C)cc1. The smallest absolute Gasteiger partial charge is 0.243 e. The van der Waals surface area contributed by atoms with Crippen LogP contribution in [0.3, 0.4) is 0 Å². The van der Waals surface area contributed by atoms with Gasteiger partial charge in [0.15, 0.2) is 0 Å². The summed E-state index contributed by atoms with van der Waals surface area (Å²) in [6.07, 6.45) is 0. The normalized spacial score (nSPS) is 12.6. The minimum absolute atomic E-state index is 0.0427. The quantitative estimate of drug-likeness (QED) is 0.846. The van der Waals surface area contributed by atoms with E-state index in [1.54, 1.807) is 11.9 Å². The lowest BCUT2D eigenvalue weighted by atomic mass is 10.0. The predicted octanol–water partition coefficient (Wildman–Crippen LogP) is 1.94. The molecule has 0 fully saturated rings. The fourth-order valence-corrected chi connectivity index (χ4v) is 1.40. The van der Waals surface area contributed by atoms with E-state index < -0.39 is 6.04 Å². The fourth-order valence-electron chi connectivity index (χ4n) is 1.40. The number of rotatable bonds is 3. The van der Waals surface area contributed by atoms with Crippen LogP contribution in [0.15, 0.2) is 24.3 Å². The Morgan fingerprint density at radius 3 is 2.19 bits per heavy atom. The Morgan fingerprint density at radius 1 is 1.25 bits per heavy atom. The molecule has 1 rings (SSSR count). The molecule has 2 N–H and O–H groups in total. The fraction of sp³-hybridized carbons (Fsp3) is 0.462. The molecule has 0 aliphatic heterocycles. The molecule has 1 atom stereocenters. The van der Waals surface area contributed by atoms with Crippen molar-refractivity contribution >= 4 is 11.6 Å². The first-order valence-corrected chi connectivity index (χ1v) is 5.53. The molecular formula is C13H20N2O. The Kier molecular flexibility index (Phi) is 4.07. The molecule has 0 heterocycles. The van der Waals surface area contributed by atoms with Crippen molar-refractivity contribution in [3.05, 3.63) is 29.8 Å². The average Bonchev–Trinajstić information content (AvgIpc) is 2.27. The lowest BCUT2D eigenvalue weighted by Crippen LogP contribution is -2.45. The number of benzene rings is 1. The van der Waals surface area contributed by atoms with E-state index in [0.29, 0.717) is 0 Å². The molecule has 88 valence electrons. The first-order chi connectivity index (χ1) is 7.43. The van der Waals surface area contributed by atoms with Crippen molar-refractivity contribution in [3.8, 4) is 0 Å². The van der Waals surface area contributed by atoms with Gasteiger partial charge in [-0.25, -0.2) is 0 Å². The summed E-state index contributed by atoms with van der Waals surface area (Å²) < 4.78 is 0. The van der Waals surface area contributed by atoms with Crippen LogP contribution in [-0.2, 0) is 4.79 Å². The molecule has 1 aromatic carbocycles. The Bertz CT molecular complexity index is 357. The van der Waals surface area contributed by atoms with Crippen molar-refractivity contribution in [2.75, 3.05) is 11.9 Å². The summed E-state index contributed by atoms with van der Waals surface area (Å²) in [6.45, 7) is 5.92. The van der Waals surface area contributed by atoms with Crippen molar-refractivity contribution in [3.63, 3.8) is 0 Å². The van der Waals surface area contributed by atoms with E-state index in [1.165, 1.54) is 5.56 Å². The van der Waals surface area contributed by atoms with E-state index in [0.717, 1.165) is 5.69 Å². The van der Waals surface area contributed by atoms with Gasteiger partial charge in [-0.1, -0.05) is 31.5 Å². The molecule has 3 nitrogen and oxygen atoms in total. The van der Waals surface area contributed by atoms with Gasteiger partial charge in [0.25, 0.3) is 0 Å². The molecule has 0 saturated heterocycles. The van der Waals surface area contributed by atoms with Crippen molar-refractivity contribution < 1.29 is 4.79 Å². The average molecular weight is 220 g/mol. The van der Waals surface area contributed by atoms with Crippen molar-refractivity contribution in [2.45, 2.75) is 26.8 Å². The summed E-state index contributed by atoms with van der Waals surface area (Å²) in [7, 11) is 1.76. The van der Waals surface area contributed by atoms with Gasteiger partial charge in [0.1, 0.15) is 0 Å². The molecule has 1 amide bonds.